The van der Waals surface area contributed by atoms with Crippen LogP contribution in [0.5, 0.6) is 11.5 Å². The summed E-state index contributed by atoms with van der Waals surface area (Å²) in [4.78, 5) is 9.97. The van der Waals surface area contributed by atoms with Crippen LogP contribution in [0.2, 0.25) is 0 Å². The van der Waals surface area contributed by atoms with Crippen LogP contribution in [0.4, 0.5) is 5.69 Å². The quantitative estimate of drug-likeness (QED) is 0.422. The zero-order chi connectivity index (χ0) is 12.6. The van der Waals surface area contributed by atoms with Gasteiger partial charge in [0, 0.05) is 12.1 Å². The van der Waals surface area contributed by atoms with Crippen LogP contribution in [-0.4, -0.2) is 15.1 Å². The summed E-state index contributed by atoms with van der Waals surface area (Å²) >= 11 is 0. The first kappa shape index (κ1) is 11.7. The van der Waals surface area contributed by atoms with E-state index >= 15 is 0 Å². The van der Waals surface area contributed by atoms with E-state index in [0.29, 0.717) is 11.5 Å². The van der Waals surface area contributed by atoms with Crippen molar-refractivity contribution in [2.75, 3.05) is 0 Å². The third-order valence-corrected chi connectivity index (χ3v) is 3.33. The smallest absolute Gasteiger partial charge is 0.314 e. The van der Waals surface area contributed by atoms with E-state index in [2.05, 4.69) is 0 Å². The Balaban J connectivity index is 2.37. The Bertz CT molecular complexity index is 457. The maximum atomic E-state index is 10.7. The molecule has 1 saturated carbocycles. The van der Waals surface area contributed by atoms with Crippen molar-refractivity contribution in [1.82, 2.24) is 0 Å². The Labute approximate surface area is 97.8 Å². The van der Waals surface area contributed by atoms with E-state index in [0.717, 1.165) is 19.3 Å². The van der Waals surface area contributed by atoms with Gasteiger partial charge in [-0.15, -0.1) is 0 Å². The predicted octanol–water partition coefficient (Wildman–Crippen LogP) is 1.81. The minimum Gasteiger partial charge on any atom is -0.504 e. The first-order chi connectivity index (χ1) is 8.00. The molecule has 0 saturated heterocycles. The maximum absolute atomic E-state index is 10.7. The Kier molecular flexibility index (Phi) is 2.89. The molecule has 1 aliphatic carbocycles. The lowest BCUT2D eigenvalue weighted by atomic mass is 9.77. The number of hydrogen-bond donors (Lipinski definition) is 3. The largest absolute Gasteiger partial charge is 0.504 e. The Morgan fingerprint density at radius 1 is 1.41 bits per heavy atom. The molecule has 0 heterocycles. The van der Waals surface area contributed by atoms with Gasteiger partial charge in [0.1, 0.15) is 0 Å². The standard InChI is InChI=1S/C11H14N2O4/c12-10(6-2-1-3-6)7-4-8(13(16)17)11(15)9(14)5-7/h4-6,10,14-15H,1-3,12H2/t10-/m1/s1. The van der Waals surface area contributed by atoms with Crippen LogP contribution in [0, 0.1) is 16.0 Å². The number of hydrogen-bond acceptors (Lipinski definition) is 5. The normalized spacial score (nSPS) is 17.5. The van der Waals surface area contributed by atoms with Crippen molar-refractivity contribution in [3.63, 3.8) is 0 Å². The zero-order valence-electron chi connectivity index (χ0n) is 9.17. The highest BCUT2D eigenvalue weighted by Gasteiger charge is 2.28. The van der Waals surface area contributed by atoms with Gasteiger partial charge in [-0.2, -0.15) is 0 Å². The Morgan fingerprint density at radius 3 is 2.53 bits per heavy atom. The topological polar surface area (TPSA) is 110 Å². The number of nitro groups is 1. The number of phenols is 2. The fraction of sp³-hybridized carbons (Fsp3) is 0.455. The number of nitrogens with zero attached hydrogens (tertiary/aromatic N) is 1. The van der Waals surface area contributed by atoms with Gasteiger partial charge in [0.15, 0.2) is 5.75 Å². The molecule has 1 aliphatic rings. The van der Waals surface area contributed by atoms with E-state index in [9.17, 15) is 20.3 Å². The molecule has 1 fully saturated rings. The molecule has 17 heavy (non-hydrogen) atoms. The summed E-state index contributed by atoms with van der Waals surface area (Å²) in [7, 11) is 0. The fourth-order valence-corrected chi connectivity index (χ4v) is 2.03. The van der Waals surface area contributed by atoms with Crippen molar-refractivity contribution in [3.05, 3.63) is 27.8 Å². The second kappa shape index (κ2) is 4.21. The molecule has 1 atom stereocenters. The predicted molar refractivity (Wildman–Crippen MR) is 60.7 cm³/mol. The summed E-state index contributed by atoms with van der Waals surface area (Å²) in [5.41, 5.74) is 5.97. The average Bonchev–Trinajstić information content (AvgIpc) is 2.18. The van der Waals surface area contributed by atoms with Crippen LogP contribution in [-0.2, 0) is 0 Å². The van der Waals surface area contributed by atoms with Gasteiger partial charge >= 0.3 is 5.69 Å². The van der Waals surface area contributed by atoms with E-state index in [-0.39, 0.29) is 6.04 Å². The molecule has 0 aliphatic heterocycles. The van der Waals surface area contributed by atoms with Gasteiger partial charge in [0.2, 0.25) is 5.75 Å². The highest BCUT2D eigenvalue weighted by molar-refractivity contribution is 5.57. The van der Waals surface area contributed by atoms with Gasteiger partial charge in [-0.1, -0.05) is 6.42 Å². The lowest BCUT2D eigenvalue weighted by Gasteiger charge is -2.31. The monoisotopic (exact) mass is 238 g/mol. The first-order valence-corrected chi connectivity index (χ1v) is 5.46. The lowest BCUT2D eigenvalue weighted by molar-refractivity contribution is -0.386. The minimum absolute atomic E-state index is 0.304. The molecule has 0 amide bonds. The molecule has 0 radical (unpaired) electrons. The van der Waals surface area contributed by atoms with Gasteiger partial charge < -0.3 is 15.9 Å². The highest BCUT2D eigenvalue weighted by Crippen LogP contribution is 2.42. The Morgan fingerprint density at radius 2 is 2.06 bits per heavy atom. The number of benzene rings is 1. The fourth-order valence-electron chi connectivity index (χ4n) is 2.03. The number of nitro benzene ring substituents is 1. The number of phenolic OH excluding ortho intramolecular Hbond substituents is 2. The molecule has 0 spiro atoms. The molecule has 1 aromatic carbocycles. The molecule has 0 unspecified atom stereocenters. The van der Waals surface area contributed by atoms with Crippen molar-refractivity contribution >= 4 is 5.69 Å². The second-order valence-electron chi connectivity index (χ2n) is 4.38. The second-order valence-corrected chi connectivity index (χ2v) is 4.38. The summed E-state index contributed by atoms with van der Waals surface area (Å²) in [5, 5.41) is 29.5. The van der Waals surface area contributed by atoms with Crippen LogP contribution in [0.15, 0.2) is 12.1 Å². The van der Waals surface area contributed by atoms with E-state index < -0.39 is 22.1 Å². The van der Waals surface area contributed by atoms with E-state index in [1.807, 2.05) is 0 Å². The molecule has 92 valence electrons. The number of rotatable bonds is 3. The Hall–Kier alpha value is -1.82. The molecule has 6 heteroatoms. The molecular formula is C11H14N2O4. The van der Waals surface area contributed by atoms with Gasteiger partial charge in [-0.05, 0) is 30.4 Å². The summed E-state index contributed by atoms with van der Waals surface area (Å²) < 4.78 is 0. The SMILES string of the molecule is N[C@@H](c1cc(O)c(O)c([N+](=O)[O-])c1)C1CCC1. The van der Waals surface area contributed by atoms with Crippen molar-refractivity contribution in [2.24, 2.45) is 11.7 Å². The molecule has 4 N–H and O–H groups in total. The maximum Gasteiger partial charge on any atom is 0.314 e. The molecule has 2 rings (SSSR count). The molecule has 1 aromatic rings. The summed E-state index contributed by atoms with van der Waals surface area (Å²) in [5.74, 6) is -0.901. The molecule has 0 bridgehead atoms. The van der Waals surface area contributed by atoms with Crippen molar-refractivity contribution in [1.29, 1.82) is 0 Å². The van der Waals surface area contributed by atoms with Crippen molar-refractivity contribution in [2.45, 2.75) is 25.3 Å². The molecular weight excluding hydrogens is 224 g/mol. The average molecular weight is 238 g/mol. The van der Waals surface area contributed by atoms with Crippen molar-refractivity contribution < 1.29 is 15.1 Å². The van der Waals surface area contributed by atoms with E-state index in [4.69, 9.17) is 5.73 Å². The van der Waals surface area contributed by atoms with Crippen molar-refractivity contribution in [3.8, 4) is 11.5 Å². The van der Waals surface area contributed by atoms with E-state index in [1.165, 1.54) is 12.1 Å². The summed E-state index contributed by atoms with van der Waals surface area (Å²) in [6.07, 6.45) is 3.11. The molecule has 6 nitrogen and oxygen atoms in total. The zero-order valence-corrected chi connectivity index (χ0v) is 9.17. The van der Waals surface area contributed by atoms with E-state index in [1.54, 1.807) is 0 Å². The summed E-state index contributed by atoms with van der Waals surface area (Å²) in [6, 6.07) is 2.21. The third kappa shape index (κ3) is 2.03. The summed E-state index contributed by atoms with van der Waals surface area (Å²) in [6.45, 7) is 0. The van der Waals surface area contributed by atoms with Crippen LogP contribution >= 0.6 is 0 Å². The highest BCUT2D eigenvalue weighted by atomic mass is 16.6. The number of aromatic hydroxyl groups is 2. The van der Waals surface area contributed by atoms with Crippen LogP contribution in [0.1, 0.15) is 30.9 Å². The van der Waals surface area contributed by atoms with Crippen LogP contribution < -0.4 is 5.73 Å². The van der Waals surface area contributed by atoms with Crippen LogP contribution in [0.25, 0.3) is 0 Å². The van der Waals surface area contributed by atoms with Crippen LogP contribution in [0.3, 0.4) is 0 Å². The van der Waals surface area contributed by atoms with Gasteiger partial charge in [0.05, 0.1) is 4.92 Å². The third-order valence-electron chi connectivity index (χ3n) is 3.33. The van der Waals surface area contributed by atoms with Gasteiger partial charge in [-0.3, -0.25) is 10.1 Å². The number of nitrogens with two attached hydrogens (primary N) is 1. The minimum atomic E-state index is -0.730. The first-order valence-electron chi connectivity index (χ1n) is 5.46. The van der Waals surface area contributed by atoms with Gasteiger partial charge in [0.25, 0.3) is 0 Å². The van der Waals surface area contributed by atoms with Gasteiger partial charge in [-0.25, -0.2) is 0 Å². The molecule has 0 aromatic heterocycles. The lowest BCUT2D eigenvalue weighted by Crippen LogP contribution is -2.26.